The van der Waals surface area contributed by atoms with E-state index in [4.69, 9.17) is 5.73 Å². The lowest BCUT2D eigenvalue weighted by molar-refractivity contribution is -0.126. The van der Waals surface area contributed by atoms with Gasteiger partial charge in [-0.25, -0.2) is 0 Å². The number of hydrogen-bond donors (Lipinski definition) is 3. The van der Waals surface area contributed by atoms with E-state index in [-0.39, 0.29) is 17.9 Å². The normalized spacial score (nSPS) is 34.3. The number of nitrogens with two attached hydrogens (primary N) is 1. The fourth-order valence-corrected chi connectivity index (χ4v) is 2.93. The van der Waals surface area contributed by atoms with Crippen LogP contribution in [0.5, 0.6) is 0 Å². The van der Waals surface area contributed by atoms with Gasteiger partial charge in [-0.3, -0.25) is 4.79 Å². The fourth-order valence-electron chi connectivity index (χ4n) is 2.93. The lowest BCUT2D eigenvalue weighted by Crippen LogP contribution is -2.46. The molecule has 1 amide bonds. The van der Waals surface area contributed by atoms with E-state index in [2.05, 4.69) is 10.6 Å². The van der Waals surface area contributed by atoms with E-state index in [0.29, 0.717) is 6.04 Å². The Morgan fingerprint density at radius 1 is 1.24 bits per heavy atom. The molecule has 4 nitrogen and oxygen atoms in total. The van der Waals surface area contributed by atoms with Crippen molar-refractivity contribution in [1.82, 2.24) is 10.6 Å². The minimum atomic E-state index is 0.155. The first-order valence-corrected chi connectivity index (χ1v) is 7.02. The summed E-state index contributed by atoms with van der Waals surface area (Å²) in [5.74, 6) is 0.370. The minimum absolute atomic E-state index is 0.155. The zero-order valence-corrected chi connectivity index (χ0v) is 10.6. The van der Waals surface area contributed by atoms with Crippen molar-refractivity contribution < 1.29 is 4.79 Å². The molecule has 0 unspecified atom stereocenters. The van der Waals surface area contributed by atoms with E-state index in [1.807, 2.05) is 0 Å². The summed E-state index contributed by atoms with van der Waals surface area (Å²) < 4.78 is 0. The van der Waals surface area contributed by atoms with Crippen molar-refractivity contribution in [2.45, 2.75) is 57.0 Å². The Balaban J connectivity index is 1.69. The zero-order valence-electron chi connectivity index (χ0n) is 10.6. The van der Waals surface area contributed by atoms with Crippen LogP contribution < -0.4 is 16.4 Å². The summed E-state index contributed by atoms with van der Waals surface area (Å²) >= 11 is 0. The third kappa shape index (κ3) is 3.96. The van der Waals surface area contributed by atoms with Gasteiger partial charge in [-0.05, 0) is 38.6 Å². The number of rotatable bonds is 3. The molecule has 0 spiro atoms. The summed E-state index contributed by atoms with van der Waals surface area (Å²) in [4.78, 5) is 12.0. The molecule has 17 heavy (non-hydrogen) atoms. The molecule has 4 N–H and O–H groups in total. The predicted molar refractivity (Wildman–Crippen MR) is 68.6 cm³/mol. The lowest BCUT2D eigenvalue weighted by Gasteiger charge is -2.28. The van der Waals surface area contributed by atoms with E-state index in [1.165, 1.54) is 19.3 Å². The van der Waals surface area contributed by atoms with Gasteiger partial charge in [0.2, 0.25) is 5.91 Å². The van der Waals surface area contributed by atoms with Crippen LogP contribution in [0, 0.1) is 5.92 Å². The van der Waals surface area contributed by atoms with Crippen LogP contribution >= 0.6 is 0 Å². The Labute approximate surface area is 104 Å². The van der Waals surface area contributed by atoms with Crippen molar-refractivity contribution in [3.8, 4) is 0 Å². The van der Waals surface area contributed by atoms with Gasteiger partial charge in [0.05, 0.1) is 0 Å². The highest BCUT2D eigenvalue weighted by atomic mass is 16.1. The molecule has 2 rings (SSSR count). The molecule has 98 valence electrons. The van der Waals surface area contributed by atoms with Crippen molar-refractivity contribution in [2.24, 2.45) is 11.7 Å². The first kappa shape index (κ1) is 12.8. The molecule has 0 aromatic carbocycles. The average molecular weight is 239 g/mol. The molecule has 1 saturated carbocycles. The summed E-state index contributed by atoms with van der Waals surface area (Å²) in [6.45, 7) is 1.87. The highest BCUT2D eigenvalue weighted by Gasteiger charge is 2.25. The Morgan fingerprint density at radius 3 is 2.82 bits per heavy atom. The smallest absolute Gasteiger partial charge is 0.223 e. The topological polar surface area (TPSA) is 67.2 Å². The molecule has 1 saturated heterocycles. The molecular formula is C13H25N3O. The van der Waals surface area contributed by atoms with Gasteiger partial charge < -0.3 is 16.4 Å². The first-order chi connectivity index (χ1) is 8.25. The van der Waals surface area contributed by atoms with Crippen LogP contribution in [0.2, 0.25) is 0 Å². The highest BCUT2D eigenvalue weighted by molar-refractivity contribution is 5.78. The molecule has 0 bridgehead atoms. The summed E-state index contributed by atoms with van der Waals surface area (Å²) in [7, 11) is 0. The average Bonchev–Trinajstić information content (AvgIpc) is 2.37. The molecule has 0 aromatic rings. The van der Waals surface area contributed by atoms with Crippen molar-refractivity contribution in [2.75, 3.05) is 13.1 Å². The molecule has 0 aromatic heterocycles. The van der Waals surface area contributed by atoms with Gasteiger partial charge in [0.25, 0.3) is 0 Å². The summed E-state index contributed by atoms with van der Waals surface area (Å²) in [5.41, 5.74) is 5.91. The number of amides is 1. The quantitative estimate of drug-likeness (QED) is 0.681. The van der Waals surface area contributed by atoms with Crippen molar-refractivity contribution in [3.63, 3.8) is 0 Å². The third-order valence-corrected chi connectivity index (χ3v) is 4.02. The number of carbonyl (C=O) groups is 1. The van der Waals surface area contributed by atoms with Gasteiger partial charge in [0, 0.05) is 24.5 Å². The number of hydrogen-bond acceptors (Lipinski definition) is 3. The molecule has 2 fully saturated rings. The van der Waals surface area contributed by atoms with Gasteiger partial charge in [0.15, 0.2) is 0 Å². The maximum absolute atomic E-state index is 12.0. The van der Waals surface area contributed by atoms with E-state index < -0.39 is 0 Å². The van der Waals surface area contributed by atoms with Crippen molar-refractivity contribution >= 4 is 5.91 Å². The number of carbonyl (C=O) groups excluding carboxylic acids is 1. The second-order valence-electron chi connectivity index (χ2n) is 5.52. The molecule has 2 aliphatic rings. The summed E-state index contributed by atoms with van der Waals surface area (Å²) in [6, 6.07) is 0.706. The Kier molecular flexibility index (Phi) is 4.80. The summed E-state index contributed by atoms with van der Waals surface area (Å²) in [5, 5.41) is 6.53. The third-order valence-electron chi connectivity index (χ3n) is 4.02. The molecule has 4 heteroatoms. The molecule has 1 aliphatic carbocycles. The zero-order chi connectivity index (χ0) is 12.1. The van der Waals surface area contributed by atoms with Crippen LogP contribution in [0.25, 0.3) is 0 Å². The van der Waals surface area contributed by atoms with Crippen molar-refractivity contribution in [1.29, 1.82) is 0 Å². The Hall–Kier alpha value is -0.610. The molecule has 3 atom stereocenters. The van der Waals surface area contributed by atoms with Gasteiger partial charge >= 0.3 is 0 Å². The van der Waals surface area contributed by atoms with Crippen LogP contribution in [0.1, 0.15) is 44.9 Å². The predicted octanol–water partition coefficient (Wildman–Crippen LogP) is 0.762. The maximum atomic E-state index is 12.0. The molecule has 1 heterocycles. The SMILES string of the molecule is N[C@@H]1CCC[C@@H](C(=O)NC[C@@H]2CCCCN2)C1. The van der Waals surface area contributed by atoms with E-state index in [1.54, 1.807) is 0 Å². The second kappa shape index (κ2) is 6.36. The van der Waals surface area contributed by atoms with Crippen LogP contribution in [0.3, 0.4) is 0 Å². The van der Waals surface area contributed by atoms with Crippen LogP contribution in [-0.4, -0.2) is 31.1 Å². The first-order valence-electron chi connectivity index (χ1n) is 7.02. The van der Waals surface area contributed by atoms with Crippen LogP contribution in [-0.2, 0) is 4.79 Å². The Morgan fingerprint density at radius 2 is 2.12 bits per heavy atom. The molecular weight excluding hydrogens is 214 g/mol. The van der Waals surface area contributed by atoms with Crippen LogP contribution in [0.4, 0.5) is 0 Å². The maximum Gasteiger partial charge on any atom is 0.223 e. The minimum Gasteiger partial charge on any atom is -0.354 e. The standard InChI is InChI=1S/C13H25N3O/c14-11-5-3-4-10(8-11)13(17)16-9-12-6-1-2-7-15-12/h10-12,15H,1-9,14H2,(H,16,17)/t10-,11-,12+/m1/s1. The van der Waals surface area contributed by atoms with Crippen molar-refractivity contribution in [3.05, 3.63) is 0 Å². The second-order valence-corrected chi connectivity index (χ2v) is 5.52. The van der Waals surface area contributed by atoms with Gasteiger partial charge in [-0.1, -0.05) is 12.8 Å². The number of nitrogens with one attached hydrogen (secondary N) is 2. The number of piperidine rings is 1. The largest absolute Gasteiger partial charge is 0.354 e. The van der Waals surface area contributed by atoms with E-state index >= 15 is 0 Å². The van der Waals surface area contributed by atoms with E-state index in [9.17, 15) is 4.79 Å². The summed E-state index contributed by atoms with van der Waals surface area (Å²) in [6.07, 6.45) is 7.78. The van der Waals surface area contributed by atoms with Gasteiger partial charge in [-0.2, -0.15) is 0 Å². The highest BCUT2D eigenvalue weighted by Crippen LogP contribution is 2.23. The van der Waals surface area contributed by atoms with E-state index in [0.717, 1.165) is 38.8 Å². The lowest BCUT2D eigenvalue weighted by atomic mass is 9.85. The fraction of sp³-hybridized carbons (Fsp3) is 0.923. The van der Waals surface area contributed by atoms with Gasteiger partial charge in [-0.15, -0.1) is 0 Å². The monoisotopic (exact) mass is 239 g/mol. The molecule has 0 radical (unpaired) electrons. The Bertz CT molecular complexity index is 251. The molecule has 1 aliphatic heterocycles. The van der Waals surface area contributed by atoms with Gasteiger partial charge in [0.1, 0.15) is 0 Å². The van der Waals surface area contributed by atoms with Crippen LogP contribution in [0.15, 0.2) is 0 Å².